The average molecular weight is 475 g/mol. The molecular formula is C24H28Cl2N4O2. The van der Waals surface area contributed by atoms with Crippen molar-refractivity contribution < 1.29 is 9.53 Å². The summed E-state index contributed by atoms with van der Waals surface area (Å²) in [6.45, 7) is 3.75. The molecule has 0 spiro atoms. The standard InChI is InChI=1S/C24H28Cl2N4O2/c1-16-22(24(31)28-29-13-5-3-4-6-14-29)27-30(21-12-9-18(25)15-20(21)26)23(16)17-7-10-19(32-2)11-8-17/h7-12,15-16,23H,3-6,13-14H2,1-2H3,(H,28,31)/t16-,23+/m0/s1. The predicted octanol–water partition coefficient (Wildman–Crippen LogP) is 5.46. The Kier molecular flexibility index (Phi) is 7.23. The van der Waals surface area contributed by atoms with Crippen LogP contribution in [0.1, 0.15) is 44.2 Å². The number of halogens is 2. The van der Waals surface area contributed by atoms with Crippen molar-refractivity contribution in [2.45, 2.75) is 38.6 Å². The molecule has 1 saturated heterocycles. The van der Waals surface area contributed by atoms with Gasteiger partial charge in [0.05, 0.1) is 23.9 Å². The minimum absolute atomic E-state index is 0.151. The quantitative estimate of drug-likeness (QED) is 0.624. The van der Waals surface area contributed by atoms with Gasteiger partial charge in [0.25, 0.3) is 5.91 Å². The first-order chi connectivity index (χ1) is 15.5. The molecule has 2 aliphatic rings. The summed E-state index contributed by atoms with van der Waals surface area (Å²) in [6, 6.07) is 13.0. The lowest BCUT2D eigenvalue weighted by Gasteiger charge is -2.28. The molecule has 4 rings (SSSR count). The molecule has 8 heteroatoms. The maximum Gasteiger partial charge on any atom is 0.282 e. The summed E-state index contributed by atoms with van der Waals surface area (Å²) in [5, 5.41) is 9.66. The molecule has 1 fully saturated rings. The summed E-state index contributed by atoms with van der Waals surface area (Å²) >= 11 is 12.7. The van der Waals surface area contributed by atoms with Crippen LogP contribution in [0.15, 0.2) is 47.6 Å². The number of anilines is 1. The summed E-state index contributed by atoms with van der Waals surface area (Å²) in [5.74, 6) is 0.461. The highest BCUT2D eigenvalue weighted by atomic mass is 35.5. The van der Waals surface area contributed by atoms with E-state index >= 15 is 0 Å². The smallest absolute Gasteiger partial charge is 0.282 e. The molecule has 0 saturated carbocycles. The Bertz CT molecular complexity index is 988. The van der Waals surface area contributed by atoms with Gasteiger partial charge in [-0.1, -0.05) is 55.1 Å². The maximum absolute atomic E-state index is 13.2. The number of carbonyl (C=O) groups is 1. The number of rotatable bonds is 5. The summed E-state index contributed by atoms with van der Waals surface area (Å²) in [5.41, 5.74) is 5.30. The minimum atomic E-state index is -0.190. The zero-order valence-corrected chi connectivity index (χ0v) is 19.9. The average Bonchev–Trinajstić information content (AvgIpc) is 2.94. The van der Waals surface area contributed by atoms with E-state index in [0.717, 1.165) is 37.2 Å². The second-order valence-electron chi connectivity index (χ2n) is 8.27. The van der Waals surface area contributed by atoms with E-state index < -0.39 is 0 Å². The molecule has 1 amide bonds. The molecule has 2 aromatic rings. The van der Waals surface area contributed by atoms with Crippen molar-refractivity contribution in [1.82, 2.24) is 10.4 Å². The van der Waals surface area contributed by atoms with Gasteiger partial charge in [-0.2, -0.15) is 5.10 Å². The molecule has 0 bridgehead atoms. The molecule has 32 heavy (non-hydrogen) atoms. The molecule has 0 aliphatic carbocycles. The van der Waals surface area contributed by atoms with Crippen molar-refractivity contribution in [3.63, 3.8) is 0 Å². The number of carbonyl (C=O) groups excluding carboxylic acids is 1. The number of ether oxygens (including phenoxy) is 1. The van der Waals surface area contributed by atoms with E-state index in [0.29, 0.717) is 21.4 Å². The van der Waals surface area contributed by atoms with Crippen molar-refractivity contribution in [3.05, 3.63) is 58.1 Å². The Labute approximate surface area is 199 Å². The fourth-order valence-corrected chi connectivity index (χ4v) is 4.86. The molecule has 2 aliphatic heterocycles. The van der Waals surface area contributed by atoms with Crippen molar-refractivity contribution >= 4 is 40.5 Å². The third-order valence-electron chi connectivity index (χ3n) is 6.10. The van der Waals surface area contributed by atoms with Gasteiger partial charge in [0.1, 0.15) is 11.5 Å². The minimum Gasteiger partial charge on any atom is -0.497 e. The Morgan fingerprint density at radius 2 is 1.75 bits per heavy atom. The Hall–Kier alpha value is -2.28. The molecule has 0 radical (unpaired) electrons. The van der Waals surface area contributed by atoms with Crippen LogP contribution in [0, 0.1) is 5.92 Å². The first-order valence-corrected chi connectivity index (χ1v) is 11.8. The van der Waals surface area contributed by atoms with Crippen LogP contribution in [0.4, 0.5) is 5.69 Å². The van der Waals surface area contributed by atoms with Crippen LogP contribution in [0.3, 0.4) is 0 Å². The van der Waals surface area contributed by atoms with Crippen LogP contribution >= 0.6 is 23.2 Å². The van der Waals surface area contributed by atoms with Gasteiger partial charge in [-0.05, 0) is 48.7 Å². The number of nitrogens with zero attached hydrogens (tertiary/aromatic N) is 3. The van der Waals surface area contributed by atoms with Crippen LogP contribution in [-0.2, 0) is 4.79 Å². The van der Waals surface area contributed by atoms with Crippen LogP contribution in [0.2, 0.25) is 10.0 Å². The van der Waals surface area contributed by atoms with E-state index in [9.17, 15) is 4.79 Å². The zero-order valence-electron chi connectivity index (χ0n) is 18.4. The van der Waals surface area contributed by atoms with E-state index in [2.05, 4.69) is 5.43 Å². The fraction of sp³-hybridized carbons (Fsp3) is 0.417. The van der Waals surface area contributed by atoms with E-state index in [-0.39, 0.29) is 17.9 Å². The highest BCUT2D eigenvalue weighted by molar-refractivity contribution is 6.41. The Morgan fingerprint density at radius 3 is 2.38 bits per heavy atom. The second kappa shape index (κ2) is 10.1. The highest BCUT2D eigenvalue weighted by Crippen LogP contribution is 2.42. The number of nitrogens with one attached hydrogen (secondary N) is 1. The van der Waals surface area contributed by atoms with Gasteiger partial charge >= 0.3 is 0 Å². The predicted molar refractivity (Wildman–Crippen MR) is 129 cm³/mol. The zero-order chi connectivity index (χ0) is 22.7. The molecule has 2 heterocycles. The molecule has 2 atom stereocenters. The largest absolute Gasteiger partial charge is 0.497 e. The molecule has 6 nitrogen and oxygen atoms in total. The van der Waals surface area contributed by atoms with Crippen molar-refractivity contribution in [1.29, 1.82) is 0 Å². The number of hydrazone groups is 1. The normalized spacial score (nSPS) is 21.8. The number of hydrazine groups is 1. The van der Waals surface area contributed by atoms with Crippen LogP contribution < -0.4 is 15.2 Å². The Morgan fingerprint density at radius 1 is 1.06 bits per heavy atom. The topological polar surface area (TPSA) is 57.2 Å². The number of benzene rings is 2. The van der Waals surface area contributed by atoms with Crippen LogP contribution in [0.5, 0.6) is 5.75 Å². The Balaban J connectivity index is 1.66. The van der Waals surface area contributed by atoms with E-state index in [1.807, 2.05) is 47.3 Å². The second-order valence-corrected chi connectivity index (χ2v) is 9.12. The van der Waals surface area contributed by atoms with E-state index in [4.69, 9.17) is 33.0 Å². The van der Waals surface area contributed by atoms with Crippen molar-refractivity contribution in [2.24, 2.45) is 11.0 Å². The first kappa shape index (κ1) is 22.9. The SMILES string of the molecule is COc1ccc([C@H]2[C@@H](C)C(C(=O)NN3CCCCCC3)=NN2c2ccc(Cl)cc2Cl)cc1. The molecule has 170 valence electrons. The lowest BCUT2D eigenvalue weighted by Crippen LogP contribution is -2.46. The number of methoxy groups -OCH3 is 1. The summed E-state index contributed by atoms with van der Waals surface area (Å²) in [7, 11) is 1.64. The number of hydrogen-bond acceptors (Lipinski definition) is 5. The third kappa shape index (κ3) is 4.87. The van der Waals surface area contributed by atoms with E-state index in [1.54, 1.807) is 19.2 Å². The van der Waals surface area contributed by atoms with E-state index in [1.165, 1.54) is 12.8 Å². The van der Waals surface area contributed by atoms with Crippen LogP contribution in [0.25, 0.3) is 0 Å². The molecule has 2 aromatic carbocycles. The van der Waals surface area contributed by atoms with Gasteiger partial charge in [0, 0.05) is 24.0 Å². The maximum atomic E-state index is 13.2. The van der Waals surface area contributed by atoms with Gasteiger partial charge in [-0.15, -0.1) is 0 Å². The summed E-state index contributed by atoms with van der Waals surface area (Å²) in [6.07, 6.45) is 4.57. The summed E-state index contributed by atoms with van der Waals surface area (Å²) < 4.78 is 5.31. The molecule has 1 N–H and O–H groups in total. The molecule has 0 unspecified atom stereocenters. The van der Waals surface area contributed by atoms with Gasteiger partial charge in [-0.3, -0.25) is 15.2 Å². The van der Waals surface area contributed by atoms with Gasteiger partial charge in [0.2, 0.25) is 0 Å². The highest BCUT2D eigenvalue weighted by Gasteiger charge is 2.40. The number of amides is 1. The summed E-state index contributed by atoms with van der Waals surface area (Å²) in [4.78, 5) is 13.2. The first-order valence-electron chi connectivity index (χ1n) is 11.0. The third-order valence-corrected chi connectivity index (χ3v) is 6.63. The van der Waals surface area contributed by atoms with Crippen molar-refractivity contribution in [2.75, 3.05) is 25.2 Å². The monoisotopic (exact) mass is 474 g/mol. The lowest BCUT2D eigenvalue weighted by atomic mass is 9.91. The lowest BCUT2D eigenvalue weighted by molar-refractivity contribution is -0.119. The fourth-order valence-electron chi connectivity index (χ4n) is 4.37. The molecule has 0 aromatic heterocycles. The van der Waals surface area contributed by atoms with Gasteiger partial charge in [0.15, 0.2) is 0 Å². The van der Waals surface area contributed by atoms with Crippen molar-refractivity contribution in [3.8, 4) is 5.75 Å². The van der Waals surface area contributed by atoms with Crippen LogP contribution in [-0.4, -0.2) is 36.8 Å². The number of hydrogen-bond donors (Lipinski definition) is 1. The molecular weight excluding hydrogens is 447 g/mol. The van der Waals surface area contributed by atoms with Gasteiger partial charge < -0.3 is 4.74 Å². The van der Waals surface area contributed by atoms with Gasteiger partial charge in [-0.25, -0.2) is 5.01 Å².